The molecule has 4 heteroatoms. The van der Waals surface area contributed by atoms with Crippen molar-refractivity contribution in [2.75, 3.05) is 13.2 Å². The van der Waals surface area contributed by atoms with E-state index >= 15 is 0 Å². The van der Waals surface area contributed by atoms with Crippen LogP contribution in [0.15, 0.2) is 30.3 Å². The molecule has 0 aliphatic heterocycles. The van der Waals surface area contributed by atoms with Gasteiger partial charge in [0.1, 0.15) is 0 Å². The minimum atomic E-state index is -1.19. The van der Waals surface area contributed by atoms with Crippen LogP contribution in [0.1, 0.15) is 110 Å². The Balaban J connectivity index is 2.23. The molecule has 4 nitrogen and oxygen atoms in total. The monoisotopic (exact) mass is 446 g/mol. The number of carbonyl (C=O) groups excluding carboxylic acids is 2. The normalized spacial score (nSPS) is 11.3. The second-order valence-electron chi connectivity index (χ2n) is 8.83. The summed E-state index contributed by atoms with van der Waals surface area (Å²) in [5, 5.41) is 0. The first-order valence-electron chi connectivity index (χ1n) is 13.0. The van der Waals surface area contributed by atoms with E-state index in [2.05, 4.69) is 6.92 Å². The van der Waals surface area contributed by atoms with E-state index in [1.165, 1.54) is 57.8 Å². The standard InChI is InChI=1S/C28H46O4/c1-4-7-8-9-10-11-12-13-14-15-19-23-31-26(29)28(5-2,6-3)27(30)32-24-22-25-20-17-16-18-21-25/h16-18,20-21H,4-15,19,22-24H2,1-3H3. The van der Waals surface area contributed by atoms with E-state index in [9.17, 15) is 9.59 Å². The Labute approximate surface area is 196 Å². The van der Waals surface area contributed by atoms with Gasteiger partial charge >= 0.3 is 11.9 Å². The van der Waals surface area contributed by atoms with Gasteiger partial charge in [-0.1, -0.05) is 115 Å². The molecule has 0 N–H and O–H groups in total. The van der Waals surface area contributed by atoms with Crippen LogP contribution >= 0.6 is 0 Å². The van der Waals surface area contributed by atoms with Gasteiger partial charge in [0.25, 0.3) is 0 Å². The third-order valence-corrected chi connectivity index (χ3v) is 6.44. The Bertz CT molecular complexity index is 607. The van der Waals surface area contributed by atoms with Crippen molar-refractivity contribution < 1.29 is 19.1 Å². The molecule has 0 spiro atoms. The second-order valence-corrected chi connectivity index (χ2v) is 8.83. The van der Waals surface area contributed by atoms with Crippen molar-refractivity contribution in [1.29, 1.82) is 0 Å². The van der Waals surface area contributed by atoms with Gasteiger partial charge in [0.15, 0.2) is 5.41 Å². The van der Waals surface area contributed by atoms with Crippen LogP contribution in [0.2, 0.25) is 0 Å². The fraction of sp³-hybridized carbons (Fsp3) is 0.714. The summed E-state index contributed by atoms with van der Waals surface area (Å²) in [7, 11) is 0. The fourth-order valence-electron chi connectivity index (χ4n) is 4.02. The van der Waals surface area contributed by atoms with Crippen molar-refractivity contribution >= 4 is 11.9 Å². The number of rotatable bonds is 19. The Morgan fingerprint density at radius 2 is 1.12 bits per heavy atom. The topological polar surface area (TPSA) is 52.6 Å². The van der Waals surface area contributed by atoms with Gasteiger partial charge in [-0.2, -0.15) is 0 Å². The van der Waals surface area contributed by atoms with Crippen LogP contribution in [0, 0.1) is 5.41 Å². The van der Waals surface area contributed by atoms with Crippen molar-refractivity contribution in [1.82, 2.24) is 0 Å². The molecule has 0 aliphatic rings. The highest BCUT2D eigenvalue weighted by Crippen LogP contribution is 2.30. The molecular weight excluding hydrogens is 400 g/mol. The molecule has 0 unspecified atom stereocenters. The molecule has 0 fully saturated rings. The van der Waals surface area contributed by atoms with Gasteiger partial charge < -0.3 is 9.47 Å². The molecule has 32 heavy (non-hydrogen) atoms. The zero-order chi connectivity index (χ0) is 23.5. The molecule has 0 aromatic heterocycles. The number of ether oxygens (including phenoxy) is 2. The molecule has 182 valence electrons. The minimum absolute atomic E-state index is 0.274. The molecule has 0 saturated carbocycles. The van der Waals surface area contributed by atoms with E-state index < -0.39 is 17.4 Å². The van der Waals surface area contributed by atoms with Crippen LogP contribution < -0.4 is 0 Å². The van der Waals surface area contributed by atoms with Crippen LogP contribution in [0.25, 0.3) is 0 Å². The summed E-state index contributed by atoms with van der Waals surface area (Å²) in [4.78, 5) is 25.5. The molecule has 0 amide bonds. The predicted octanol–water partition coefficient (Wildman–Crippen LogP) is 7.43. The number of unbranched alkanes of at least 4 members (excludes halogenated alkanes) is 10. The smallest absolute Gasteiger partial charge is 0.323 e. The van der Waals surface area contributed by atoms with E-state index in [1.54, 1.807) is 0 Å². The summed E-state index contributed by atoms with van der Waals surface area (Å²) in [6, 6.07) is 9.89. The largest absolute Gasteiger partial charge is 0.465 e. The Hall–Kier alpha value is -1.84. The maximum Gasteiger partial charge on any atom is 0.323 e. The van der Waals surface area contributed by atoms with Crippen LogP contribution in [0.5, 0.6) is 0 Å². The fourth-order valence-corrected chi connectivity index (χ4v) is 4.02. The SMILES string of the molecule is CCCCCCCCCCCCCOC(=O)C(CC)(CC)C(=O)OCCc1ccccc1. The molecule has 0 heterocycles. The molecule has 1 aromatic carbocycles. The lowest BCUT2D eigenvalue weighted by Crippen LogP contribution is -2.41. The Kier molecular flexibility index (Phi) is 15.6. The minimum Gasteiger partial charge on any atom is -0.465 e. The van der Waals surface area contributed by atoms with Crippen molar-refractivity contribution in [3.05, 3.63) is 35.9 Å². The highest BCUT2D eigenvalue weighted by Gasteiger charge is 2.45. The summed E-state index contributed by atoms with van der Waals surface area (Å²) >= 11 is 0. The number of esters is 2. The van der Waals surface area contributed by atoms with Gasteiger partial charge in [-0.25, -0.2) is 0 Å². The molecule has 1 rings (SSSR count). The molecule has 0 aliphatic carbocycles. The van der Waals surface area contributed by atoms with Crippen molar-refractivity contribution in [3.63, 3.8) is 0 Å². The van der Waals surface area contributed by atoms with Gasteiger partial charge in [-0.3, -0.25) is 9.59 Å². The zero-order valence-electron chi connectivity index (χ0n) is 20.8. The van der Waals surface area contributed by atoms with Gasteiger partial charge in [0.05, 0.1) is 13.2 Å². The van der Waals surface area contributed by atoms with Crippen LogP contribution in [0.4, 0.5) is 0 Å². The summed E-state index contributed by atoms with van der Waals surface area (Å²) in [5.74, 6) is -0.887. The van der Waals surface area contributed by atoms with E-state index in [1.807, 2.05) is 44.2 Å². The molecule has 0 bridgehead atoms. The number of hydrogen-bond acceptors (Lipinski definition) is 4. The third-order valence-electron chi connectivity index (χ3n) is 6.44. The van der Waals surface area contributed by atoms with Crippen molar-refractivity contribution in [3.8, 4) is 0 Å². The molecule has 0 radical (unpaired) electrons. The van der Waals surface area contributed by atoms with Crippen molar-refractivity contribution in [2.24, 2.45) is 5.41 Å². The predicted molar refractivity (Wildman–Crippen MR) is 132 cm³/mol. The summed E-state index contributed by atoms with van der Waals surface area (Å²) in [6.45, 7) is 6.61. The van der Waals surface area contributed by atoms with E-state index in [-0.39, 0.29) is 6.61 Å². The maximum atomic E-state index is 12.8. The van der Waals surface area contributed by atoms with E-state index in [0.29, 0.717) is 25.9 Å². The van der Waals surface area contributed by atoms with Gasteiger partial charge in [0.2, 0.25) is 0 Å². The third kappa shape index (κ3) is 10.7. The van der Waals surface area contributed by atoms with Crippen molar-refractivity contribution in [2.45, 2.75) is 111 Å². The average Bonchev–Trinajstić information content (AvgIpc) is 2.81. The first kappa shape index (κ1) is 28.2. The number of benzene rings is 1. The van der Waals surface area contributed by atoms with E-state index in [4.69, 9.17) is 9.47 Å². The van der Waals surface area contributed by atoms with Gasteiger partial charge in [0, 0.05) is 6.42 Å². The van der Waals surface area contributed by atoms with Crippen LogP contribution in [-0.4, -0.2) is 25.2 Å². The summed E-state index contributed by atoms with van der Waals surface area (Å²) in [6.07, 6.45) is 15.2. The maximum absolute atomic E-state index is 12.8. The molecule has 0 saturated heterocycles. The zero-order valence-corrected chi connectivity index (χ0v) is 20.8. The highest BCUT2D eigenvalue weighted by atomic mass is 16.6. The van der Waals surface area contributed by atoms with E-state index in [0.717, 1.165) is 18.4 Å². The first-order chi connectivity index (χ1) is 15.6. The Morgan fingerprint density at radius 1 is 0.656 bits per heavy atom. The first-order valence-corrected chi connectivity index (χ1v) is 13.0. The van der Waals surface area contributed by atoms with Gasteiger partial charge in [-0.05, 0) is 24.8 Å². The highest BCUT2D eigenvalue weighted by molar-refractivity contribution is 6.00. The molecule has 0 atom stereocenters. The number of carbonyl (C=O) groups is 2. The molecular formula is C28H46O4. The lowest BCUT2D eigenvalue weighted by molar-refractivity contribution is -0.173. The van der Waals surface area contributed by atoms with Crippen LogP contribution in [-0.2, 0) is 25.5 Å². The summed E-state index contributed by atoms with van der Waals surface area (Å²) < 4.78 is 11.0. The van der Waals surface area contributed by atoms with Gasteiger partial charge in [-0.15, -0.1) is 0 Å². The quantitative estimate of drug-likeness (QED) is 0.126. The lowest BCUT2D eigenvalue weighted by Gasteiger charge is -2.27. The molecule has 1 aromatic rings. The van der Waals surface area contributed by atoms with Crippen LogP contribution in [0.3, 0.4) is 0 Å². The summed E-state index contributed by atoms with van der Waals surface area (Å²) in [5.41, 5.74) is -0.0768. The lowest BCUT2D eigenvalue weighted by atomic mass is 9.82. The Morgan fingerprint density at radius 3 is 1.62 bits per heavy atom. The second kappa shape index (κ2) is 17.7. The average molecular weight is 447 g/mol. The number of hydrogen-bond donors (Lipinski definition) is 0.